The van der Waals surface area contributed by atoms with Gasteiger partial charge in [-0.3, -0.25) is 9.69 Å². The summed E-state index contributed by atoms with van der Waals surface area (Å²) in [4.78, 5) is 14.5. The summed E-state index contributed by atoms with van der Waals surface area (Å²) in [5.74, 6) is 1.41. The lowest BCUT2D eigenvalue weighted by Crippen LogP contribution is -2.43. The summed E-state index contributed by atoms with van der Waals surface area (Å²) in [7, 11) is 0. The maximum absolute atomic E-state index is 12.1. The Morgan fingerprint density at radius 1 is 1.24 bits per heavy atom. The second-order valence-electron chi connectivity index (χ2n) is 6.67. The fourth-order valence-corrected chi connectivity index (χ4v) is 2.60. The van der Waals surface area contributed by atoms with Crippen LogP contribution in [0.2, 0.25) is 0 Å². The molecule has 1 amide bonds. The molecule has 2 rings (SSSR count). The number of hydrogen-bond acceptors (Lipinski definition) is 2. The Kier molecular flexibility index (Phi) is 5.80. The lowest BCUT2D eigenvalue weighted by molar-refractivity contribution is -0.123. The molecule has 1 unspecified atom stereocenters. The van der Waals surface area contributed by atoms with Crippen LogP contribution in [0, 0.1) is 11.8 Å². The molecule has 0 spiro atoms. The molecule has 116 valence electrons. The molecule has 3 nitrogen and oxygen atoms in total. The van der Waals surface area contributed by atoms with E-state index in [0.29, 0.717) is 18.5 Å². The Balaban J connectivity index is 1.93. The summed E-state index contributed by atoms with van der Waals surface area (Å²) < 4.78 is 0. The summed E-state index contributed by atoms with van der Waals surface area (Å²) in [5, 5.41) is 3.03. The predicted octanol–water partition coefficient (Wildman–Crippen LogP) is 3.06. The molecular weight excluding hydrogens is 260 g/mol. The number of benzene rings is 1. The van der Waals surface area contributed by atoms with E-state index in [4.69, 9.17) is 0 Å². The van der Waals surface area contributed by atoms with Crippen LogP contribution in [-0.2, 0) is 11.3 Å². The van der Waals surface area contributed by atoms with E-state index < -0.39 is 0 Å². The van der Waals surface area contributed by atoms with Crippen LogP contribution >= 0.6 is 0 Å². The molecule has 0 heterocycles. The van der Waals surface area contributed by atoms with Crippen LogP contribution in [0.3, 0.4) is 0 Å². The summed E-state index contributed by atoms with van der Waals surface area (Å²) in [6.07, 6.45) is 2.61. The minimum Gasteiger partial charge on any atom is -0.355 e. The molecule has 1 atom stereocenters. The normalized spacial score (nSPS) is 16.2. The van der Waals surface area contributed by atoms with Gasteiger partial charge in [0, 0.05) is 19.1 Å². The van der Waals surface area contributed by atoms with Crippen LogP contribution in [0.15, 0.2) is 30.3 Å². The van der Waals surface area contributed by atoms with E-state index in [1.807, 2.05) is 6.07 Å². The predicted molar refractivity (Wildman–Crippen MR) is 86.9 cm³/mol. The molecule has 0 bridgehead atoms. The Bertz CT molecular complexity index is 440. The standard InChI is InChI=1S/C18H28N2O/c1-14(2)11-19-18(21)13-20(15(3)17-9-10-17)12-16-7-5-4-6-8-16/h4-8,14-15,17H,9-13H2,1-3H3,(H,19,21). The fourth-order valence-electron chi connectivity index (χ4n) is 2.60. The fraction of sp³-hybridized carbons (Fsp3) is 0.611. The lowest BCUT2D eigenvalue weighted by atomic mass is 10.1. The summed E-state index contributed by atoms with van der Waals surface area (Å²) in [5.41, 5.74) is 1.28. The zero-order valence-electron chi connectivity index (χ0n) is 13.5. The first-order valence-electron chi connectivity index (χ1n) is 8.11. The van der Waals surface area contributed by atoms with Crippen LogP contribution in [0.1, 0.15) is 39.2 Å². The Morgan fingerprint density at radius 2 is 1.90 bits per heavy atom. The van der Waals surface area contributed by atoms with Gasteiger partial charge in [0.25, 0.3) is 0 Å². The van der Waals surface area contributed by atoms with Gasteiger partial charge in [0.05, 0.1) is 6.54 Å². The molecule has 0 aromatic heterocycles. The number of nitrogens with one attached hydrogen (secondary N) is 1. The van der Waals surface area contributed by atoms with Gasteiger partial charge in [-0.1, -0.05) is 44.2 Å². The second kappa shape index (κ2) is 7.60. The highest BCUT2D eigenvalue weighted by molar-refractivity contribution is 5.78. The summed E-state index contributed by atoms with van der Waals surface area (Å²) in [6.45, 7) is 8.61. The average molecular weight is 288 g/mol. The number of rotatable bonds is 8. The van der Waals surface area contributed by atoms with Gasteiger partial charge in [0.15, 0.2) is 0 Å². The number of carbonyl (C=O) groups is 1. The zero-order chi connectivity index (χ0) is 15.2. The first-order valence-corrected chi connectivity index (χ1v) is 8.11. The number of hydrogen-bond donors (Lipinski definition) is 1. The molecule has 1 saturated carbocycles. The van der Waals surface area contributed by atoms with E-state index >= 15 is 0 Å². The highest BCUT2D eigenvalue weighted by atomic mass is 16.2. The Hall–Kier alpha value is -1.35. The van der Waals surface area contributed by atoms with Crippen molar-refractivity contribution in [2.75, 3.05) is 13.1 Å². The van der Waals surface area contributed by atoms with Gasteiger partial charge in [-0.25, -0.2) is 0 Å². The average Bonchev–Trinajstić information content (AvgIpc) is 3.29. The van der Waals surface area contributed by atoms with Gasteiger partial charge >= 0.3 is 0 Å². The molecule has 1 N–H and O–H groups in total. The van der Waals surface area contributed by atoms with Gasteiger partial charge < -0.3 is 5.32 Å². The quantitative estimate of drug-likeness (QED) is 0.797. The monoisotopic (exact) mass is 288 g/mol. The maximum atomic E-state index is 12.1. The van der Waals surface area contributed by atoms with Gasteiger partial charge in [0.2, 0.25) is 5.91 Å². The molecule has 0 aliphatic heterocycles. The van der Waals surface area contributed by atoms with Crippen LogP contribution in [-0.4, -0.2) is 29.9 Å². The van der Waals surface area contributed by atoms with E-state index in [1.165, 1.54) is 18.4 Å². The van der Waals surface area contributed by atoms with Crippen LogP contribution in [0.4, 0.5) is 0 Å². The maximum Gasteiger partial charge on any atom is 0.234 e. The van der Waals surface area contributed by atoms with E-state index in [1.54, 1.807) is 0 Å². The number of carbonyl (C=O) groups excluding carboxylic acids is 1. The third kappa shape index (κ3) is 5.50. The van der Waals surface area contributed by atoms with E-state index in [2.05, 4.69) is 55.3 Å². The van der Waals surface area contributed by atoms with Crippen molar-refractivity contribution in [2.45, 2.75) is 46.2 Å². The van der Waals surface area contributed by atoms with E-state index in [9.17, 15) is 4.79 Å². The van der Waals surface area contributed by atoms with Crippen molar-refractivity contribution in [3.05, 3.63) is 35.9 Å². The van der Waals surface area contributed by atoms with Gasteiger partial charge in [-0.2, -0.15) is 0 Å². The van der Waals surface area contributed by atoms with Crippen LogP contribution in [0.5, 0.6) is 0 Å². The summed E-state index contributed by atoms with van der Waals surface area (Å²) >= 11 is 0. The van der Waals surface area contributed by atoms with Gasteiger partial charge in [-0.05, 0) is 37.2 Å². The SMILES string of the molecule is CC(C)CNC(=O)CN(Cc1ccccc1)C(C)C1CC1. The van der Waals surface area contributed by atoms with Crippen LogP contribution < -0.4 is 5.32 Å². The number of nitrogens with zero attached hydrogens (tertiary/aromatic N) is 1. The van der Waals surface area contributed by atoms with Crippen molar-refractivity contribution in [2.24, 2.45) is 11.8 Å². The van der Waals surface area contributed by atoms with Crippen molar-refractivity contribution < 1.29 is 4.79 Å². The minimum atomic E-state index is 0.145. The van der Waals surface area contributed by atoms with Crippen molar-refractivity contribution in [3.8, 4) is 0 Å². The topological polar surface area (TPSA) is 32.3 Å². The molecule has 1 aromatic carbocycles. The lowest BCUT2D eigenvalue weighted by Gasteiger charge is -2.29. The minimum absolute atomic E-state index is 0.145. The smallest absolute Gasteiger partial charge is 0.234 e. The second-order valence-corrected chi connectivity index (χ2v) is 6.67. The Morgan fingerprint density at radius 3 is 2.48 bits per heavy atom. The third-order valence-corrected chi connectivity index (χ3v) is 4.16. The molecular formula is C18H28N2O. The third-order valence-electron chi connectivity index (χ3n) is 4.16. The highest BCUT2D eigenvalue weighted by Gasteiger charge is 2.32. The van der Waals surface area contributed by atoms with Crippen molar-refractivity contribution in [1.29, 1.82) is 0 Å². The molecule has 0 radical (unpaired) electrons. The molecule has 21 heavy (non-hydrogen) atoms. The van der Waals surface area contributed by atoms with Crippen LogP contribution in [0.25, 0.3) is 0 Å². The molecule has 1 aromatic rings. The first-order chi connectivity index (χ1) is 10.1. The van der Waals surface area contributed by atoms with E-state index in [0.717, 1.165) is 19.0 Å². The number of amides is 1. The zero-order valence-corrected chi connectivity index (χ0v) is 13.5. The molecule has 3 heteroatoms. The van der Waals surface area contributed by atoms with Crippen molar-refractivity contribution >= 4 is 5.91 Å². The molecule has 1 aliphatic rings. The highest BCUT2D eigenvalue weighted by Crippen LogP contribution is 2.35. The Labute approximate surface area is 128 Å². The van der Waals surface area contributed by atoms with E-state index in [-0.39, 0.29) is 5.91 Å². The summed E-state index contributed by atoms with van der Waals surface area (Å²) in [6, 6.07) is 10.9. The molecule has 1 fully saturated rings. The van der Waals surface area contributed by atoms with Gasteiger partial charge in [-0.15, -0.1) is 0 Å². The van der Waals surface area contributed by atoms with Crippen molar-refractivity contribution in [1.82, 2.24) is 10.2 Å². The molecule has 1 aliphatic carbocycles. The molecule has 0 saturated heterocycles. The largest absolute Gasteiger partial charge is 0.355 e. The van der Waals surface area contributed by atoms with Gasteiger partial charge in [0.1, 0.15) is 0 Å². The van der Waals surface area contributed by atoms with Crippen molar-refractivity contribution in [3.63, 3.8) is 0 Å². The first kappa shape index (κ1) is 16.0.